The molecule has 24 heavy (non-hydrogen) atoms. The number of aromatic nitrogens is 2. The molecule has 0 unspecified atom stereocenters. The lowest BCUT2D eigenvalue weighted by Crippen LogP contribution is -2.58. The minimum absolute atomic E-state index is 0.0612. The highest BCUT2D eigenvalue weighted by atomic mass is 16.5. The van der Waals surface area contributed by atoms with E-state index in [-0.39, 0.29) is 17.4 Å². The van der Waals surface area contributed by atoms with Gasteiger partial charge in [0.1, 0.15) is 5.69 Å². The third-order valence-electron chi connectivity index (χ3n) is 5.29. The first-order chi connectivity index (χ1) is 11.6. The molecule has 6 nitrogen and oxygen atoms in total. The Balaban J connectivity index is 1.80. The lowest BCUT2D eigenvalue weighted by molar-refractivity contribution is -0.146. The second-order valence-electron chi connectivity index (χ2n) is 6.96. The van der Waals surface area contributed by atoms with Crippen LogP contribution in [0.4, 0.5) is 0 Å². The van der Waals surface area contributed by atoms with Crippen molar-refractivity contribution in [3.63, 3.8) is 0 Å². The predicted molar refractivity (Wildman–Crippen MR) is 91.1 cm³/mol. The molecule has 6 heteroatoms. The first kappa shape index (κ1) is 17.4. The highest BCUT2D eigenvalue weighted by Crippen LogP contribution is 2.40. The van der Waals surface area contributed by atoms with Crippen molar-refractivity contribution in [1.82, 2.24) is 14.7 Å². The van der Waals surface area contributed by atoms with E-state index in [0.29, 0.717) is 32.0 Å². The molecule has 134 valence electrons. The lowest BCUT2D eigenvalue weighted by atomic mass is 9.73. The molecule has 2 fully saturated rings. The van der Waals surface area contributed by atoms with Crippen LogP contribution in [-0.4, -0.2) is 59.6 Å². The van der Waals surface area contributed by atoms with Gasteiger partial charge in [0.2, 0.25) is 0 Å². The standard InChI is InChI=1S/C18H29N3O3/c1-4-21-15(11-14(3)19-21)17(22)20-9-7-16-18(12-20,13-23-5-2)8-6-10-24-16/h11,16H,4-10,12-13H2,1-3H3/t16-,18+/m0/s1. The monoisotopic (exact) mass is 335 g/mol. The molecule has 2 aliphatic heterocycles. The fraction of sp³-hybridized carbons (Fsp3) is 0.778. The van der Waals surface area contributed by atoms with Gasteiger partial charge in [-0.2, -0.15) is 5.10 Å². The van der Waals surface area contributed by atoms with Gasteiger partial charge < -0.3 is 14.4 Å². The van der Waals surface area contributed by atoms with Crippen LogP contribution in [0.15, 0.2) is 6.07 Å². The summed E-state index contributed by atoms with van der Waals surface area (Å²) in [5.41, 5.74) is 1.52. The average molecular weight is 335 g/mol. The molecule has 0 aliphatic carbocycles. The zero-order chi connectivity index (χ0) is 17.2. The Hall–Kier alpha value is -1.40. The SMILES string of the molecule is CCOC[C@]12CCCO[C@H]1CCN(C(=O)c1cc(C)nn1CC)C2. The minimum Gasteiger partial charge on any atom is -0.381 e. The molecule has 0 aromatic carbocycles. The molecule has 0 bridgehead atoms. The molecule has 0 saturated carbocycles. The van der Waals surface area contributed by atoms with E-state index in [1.165, 1.54) is 0 Å². The van der Waals surface area contributed by atoms with Gasteiger partial charge in [-0.05, 0) is 46.1 Å². The van der Waals surface area contributed by atoms with Crippen LogP contribution in [0.25, 0.3) is 0 Å². The van der Waals surface area contributed by atoms with Crippen LogP contribution in [0, 0.1) is 12.3 Å². The number of fused-ring (bicyclic) bond motifs is 1. The second kappa shape index (κ2) is 7.23. The predicted octanol–water partition coefficient (Wildman–Crippen LogP) is 2.26. The number of likely N-dealkylation sites (tertiary alicyclic amines) is 1. The van der Waals surface area contributed by atoms with Crippen LogP contribution in [0.1, 0.15) is 49.3 Å². The van der Waals surface area contributed by atoms with E-state index in [4.69, 9.17) is 9.47 Å². The van der Waals surface area contributed by atoms with Gasteiger partial charge in [-0.3, -0.25) is 9.48 Å². The number of carbonyl (C=O) groups excluding carboxylic acids is 1. The fourth-order valence-electron chi connectivity index (χ4n) is 4.10. The Kier molecular flexibility index (Phi) is 5.25. The zero-order valence-electron chi connectivity index (χ0n) is 15.1. The van der Waals surface area contributed by atoms with E-state index in [0.717, 1.165) is 38.1 Å². The second-order valence-corrected chi connectivity index (χ2v) is 6.96. The van der Waals surface area contributed by atoms with Gasteiger partial charge in [0.15, 0.2) is 0 Å². The van der Waals surface area contributed by atoms with Gasteiger partial charge in [0.25, 0.3) is 5.91 Å². The summed E-state index contributed by atoms with van der Waals surface area (Å²) in [5.74, 6) is 0.0809. The molecule has 2 atom stereocenters. The fourth-order valence-corrected chi connectivity index (χ4v) is 4.10. The van der Waals surface area contributed by atoms with E-state index in [1.54, 1.807) is 4.68 Å². The summed E-state index contributed by atoms with van der Waals surface area (Å²) >= 11 is 0. The van der Waals surface area contributed by atoms with Crippen molar-refractivity contribution in [2.75, 3.05) is 32.9 Å². The number of carbonyl (C=O) groups is 1. The maximum Gasteiger partial charge on any atom is 0.272 e. The van der Waals surface area contributed by atoms with E-state index in [2.05, 4.69) is 5.10 Å². The highest BCUT2D eigenvalue weighted by Gasteiger charge is 2.47. The number of ether oxygens (including phenoxy) is 2. The van der Waals surface area contributed by atoms with Gasteiger partial charge in [-0.15, -0.1) is 0 Å². The maximum atomic E-state index is 13.1. The molecule has 1 aromatic rings. The summed E-state index contributed by atoms with van der Waals surface area (Å²) < 4.78 is 13.6. The molecule has 2 saturated heterocycles. The summed E-state index contributed by atoms with van der Waals surface area (Å²) in [6.07, 6.45) is 3.20. The number of amides is 1. The first-order valence-corrected chi connectivity index (χ1v) is 9.12. The van der Waals surface area contributed by atoms with Crippen LogP contribution in [0.2, 0.25) is 0 Å². The van der Waals surface area contributed by atoms with Crippen LogP contribution < -0.4 is 0 Å². The molecule has 1 amide bonds. The van der Waals surface area contributed by atoms with E-state index < -0.39 is 0 Å². The number of nitrogens with zero attached hydrogens (tertiary/aromatic N) is 3. The number of piperidine rings is 1. The lowest BCUT2D eigenvalue weighted by Gasteiger charge is -2.50. The molecule has 3 heterocycles. The molecule has 0 spiro atoms. The van der Waals surface area contributed by atoms with Gasteiger partial charge in [-0.1, -0.05) is 0 Å². The maximum absolute atomic E-state index is 13.1. The van der Waals surface area contributed by atoms with Crippen LogP contribution in [-0.2, 0) is 16.0 Å². The Labute approximate surface area is 144 Å². The highest BCUT2D eigenvalue weighted by molar-refractivity contribution is 5.92. The summed E-state index contributed by atoms with van der Waals surface area (Å²) in [6.45, 7) is 10.3. The normalized spacial score (nSPS) is 27.1. The molecule has 2 aliphatic rings. The number of aryl methyl sites for hydroxylation is 2. The van der Waals surface area contributed by atoms with Crippen molar-refractivity contribution in [3.8, 4) is 0 Å². The molecular weight excluding hydrogens is 306 g/mol. The van der Waals surface area contributed by atoms with E-state index in [1.807, 2.05) is 31.7 Å². The van der Waals surface area contributed by atoms with Crippen molar-refractivity contribution >= 4 is 5.91 Å². The van der Waals surface area contributed by atoms with Gasteiger partial charge in [0, 0.05) is 38.3 Å². The Bertz CT molecular complexity index is 586. The van der Waals surface area contributed by atoms with Gasteiger partial charge in [-0.25, -0.2) is 0 Å². The Morgan fingerprint density at radius 1 is 1.50 bits per heavy atom. The Morgan fingerprint density at radius 3 is 3.08 bits per heavy atom. The van der Waals surface area contributed by atoms with Crippen molar-refractivity contribution < 1.29 is 14.3 Å². The van der Waals surface area contributed by atoms with Crippen molar-refractivity contribution in [3.05, 3.63) is 17.5 Å². The molecule has 3 rings (SSSR count). The first-order valence-electron chi connectivity index (χ1n) is 9.12. The van der Waals surface area contributed by atoms with Crippen LogP contribution in [0.5, 0.6) is 0 Å². The third-order valence-corrected chi connectivity index (χ3v) is 5.29. The largest absolute Gasteiger partial charge is 0.381 e. The topological polar surface area (TPSA) is 56.6 Å². The average Bonchev–Trinajstić information content (AvgIpc) is 2.99. The molecular formula is C18H29N3O3. The number of hydrogen-bond donors (Lipinski definition) is 0. The van der Waals surface area contributed by atoms with Crippen LogP contribution >= 0.6 is 0 Å². The Morgan fingerprint density at radius 2 is 2.33 bits per heavy atom. The molecule has 0 N–H and O–H groups in total. The number of hydrogen-bond acceptors (Lipinski definition) is 4. The van der Waals surface area contributed by atoms with E-state index >= 15 is 0 Å². The van der Waals surface area contributed by atoms with Gasteiger partial charge >= 0.3 is 0 Å². The summed E-state index contributed by atoms with van der Waals surface area (Å²) in [5, 5.41) is 4.41. The quantitative estimate of drug-likeness (QED) is 0.828. The third kappa shape index (κ3) is 3.22. The van der Waals surface area contributed by atoms with Crippen molar-refractivity contribution in [1.29, 1.82) is 0 Å². The smallest absolute Gasteiger partial charge is 0.272 e. The molecule has 0 radical (unpaired) electrons. The summed E-state index contributed by atoms with van der Waals surface area (Å²) in [7, 11) is 0. The minimum atomic E-state index is -0.0612. The van der Waals surface area contributed by atoms with Crippen molar-refractivity contribution in [2.45, 2.75) is 52.7 Å². The molecule has 1 aromatic heterocycles. The van der Waals surface area contributed by atoms with E-state index in [9.17, 15) is 4.79 Å². The summed E-state index contributed by atoms with van der Waals surface area (Å²) in [4.78, 5) is 15.0. The van der Waals surface area contributed by atoms with Crippen LogP contribution in [0.3, 0.4) is 0 Å². The number of rotatable bonds is 5. The summed E-state index contributed by atoms with van der Waals surface area (Å²) in [6, 6.07) is 1.89. The zero-order valence-corrected chi connectivity index (χ0v) is 15.1. The van der Waals surface area contributed by atoms with Crippen molar-refractivity contribution in [2.24, 2.45) is 5.41 Å². The van der Waals surface area contributed by atoms with Gasteiger partial charge in [0.05, 0.1) is 18.4 Å².